The molecule has 0 aromatic heterocycles. The fourth-order valence-corrected chi connectivity index (χ4v) is 1.12. The van der Waals surface area contributed by atoms with Crippen LogP contribution >= 0.6 is 7.82 Å². The van der Waals surface area contributed by atoms with Crippen LogP contribution in [0.3, 0.4) is 0 Å². The summed E-state index contributed by atoms with van der Waals surface area (Å²) in [5, 5.41) is 0. The van der Waals surface area contributed by atoms with Crippen LogP contribution in [0.25, 0.3) is 0 Å². The minimum absolute atomic E-state index is 0.00188. The Morgan fingerprint density at radius 1 is 1.43 bits per heavy atom. The van der Waals surface area contributed by atoms with E-state index < -0.39 is 13.8 Å². The molecular weight excluding hydrogens is 299 g/mol. The molecule has 0 saturated carbocycles. The summed E-state index contributed by atoms with van der Waals surface area (Å²) in [6, 6.07) is 0. The summed E-state index contributed by atoms with van der Waals surface area (Å²) in [5.41, 5.74) is 4.96. The third kappa shape index (κ3) is 16.9. The predicted octanol–water partition coefficient (Wildman–Crippen LogP) is 0.992. The molecule has 9 heteroatoms. The van der Waals surface area contributed by atoms with Gasteiger partial charge in [0.25, 0.3) is 0 Å². The van der Waals surface area contributed by atoms with Crippen LogP contribution in [0.1, 0.15) is 6.92 Å². The Hall–Kier alpha value is -1.02. The molecule has 0 heterocycles. The second kappa shape index (κ2) is 10.7. The maximum atomic E-state index is 11.2. The van der Waals surface area contributed by atoms with E-state index in [4.69, 9.17) is 10.6 Å². The third-order valence-corrected chi connectivity index (χ3v) is 2.51. The molecule has 0 aromatic carbocycles. The molecule has 0 saturated heterocycles. The van der Waals surface area contributed by atoms with Crippen LogP contribution in [0, 0.1) is 0 Å². The Morgan fingerprint density at radius 3 is 2.24 bits per heavy atom. The van der Waals surface area contributed by atoms with Gasteiger partial charge in [-0.05, 0) is 6.92 Å². The lowest BCUT2D eigenvalue weighted by Crippen LogP contribution is -2.37. The lowest BCUT2D eigenvalue weighted by Gasteiger charge is -2.23. The van der Waals surface area contributed by atoms with Crippen LogP contribution in [0.2, 0.25) is 0 Å². The fourth-order valence-electron chi connectivity index (χ4n) is 0.604. The van der Waals surface area contributed by atoms with Crippen LogP contribution in [0.15, 0.2) is 24.8 Å². The first-order chi connectivity index (χ1) is 9.45. The topological polar surface area (TPSA) is 108 Å². The number of hydrogen-bond acceptors (Lipinski definition) is 6. The Kier molecular flexibility index (Phi) is 11.3. The number of nitrogens with two attached hydrogens (primary N) is 1. The first kappa shape index (κ1) is 22.3. The van der Waals surface area contributed by atoms with Crippen molar-refractivity contribution in [1.82, 2.24) is 0 Å². The van der Waals surface area contributed by atoms with Crippen LogP contribution < -0.4 is 5.73 Å². The molecule has 0 radical (unpaired) electrons. The molecule has 8 nitrogen and oxygen atoms in total. The summed E-state index contributed by atoms with van der Waals surface area (Å²) in [6.07, 6.45) is 1.65. The van der Waals surface area contributed by atoms with Gasteiger partial charge >= 0.3 is 13.8 Å². The minimum atomic E-state index is -4.37. The highest BCUT2D eigenvalue weighted by atomic mass is 31.2. The number of rotatable bonds is 8. The molecule has 124 valence electrons. The monoisotopic (exact) mass is 325 g/mol. The van der Waals surface area contributed by atoms with Gasteiger partial charge in [0.15, 0.2) is 0 Å². The molecule has 0 amide bonds. The molecule has 0 bridgehead atoms. The van der Waals surface area contributed by atoms with Crippen molar-refractivity contribution in [3.05, 3.63) is 24.8 Å². The Labute approximate surface area is 125 Å². The number of carbonyl (C=O) groups excluding carboxylic acids is 1. The Bertz CT molecular complexity index is 392. The minimum Gasteiger partial charge on any atom is -0.329 e. The molecular formula is C12H26N2O6P+. The molecule has 1 unspecified atom stereocenters. The molecule has 3 N–H and O–H groups in total. The van der Waals surface area contributed by atoms with Crippen molar-refractivity contribution >= 4 is 13.8 Å². The molecule has 1 atom stereocenters. The van der Waals surface area contributed by atoms with Gasteiger partial charge in [0, 0.05) is 12.1 Å². The van der Waals surface area contributed by atoms with Crippen LogP contribution in [0.5, 0.6) is 0 Å². The molecule has 0 fully saturated rings. The van der Waals surface area contributed by atoms with E-state index in [1.54, 1.807) is 6.08 Å². The molecule has 0 rings (SSSR count). The number of nitrogens with zero attached hydrogens (tertiary/aromatic N) is 1. The van der Waals surface area contributed by atoms with Crippen molar-refractivity contribution in [1.29, 1.82) is 0 Å². The quantitative estimate of drug-likeness (QED) is 0.171. The number of phosphoric ester groups is 1. The average Bonchev–Trinajstić information content (AvgIpc) is 2.34. The number of quaternary nitrogens is 1. The molecule has 0 aliphatic rings. The summed E-state index contributed by atoms with van der Waals surface area (Å²) in [7, 11) is 1.32. The maximum Gasteiger partial charge on any atom is 0.508 e. The lowest BCUT2D eigenvalue weighted by molar-refractivity contribution is -0.870. The van der Waals surface area contributed by atoms with Crippen LogP contribution in [-0.4, -0.2) is 56.2 Å². The molecule has 0 aliphatic heterocycles. The number of hydrogen-bond donors (Lipinski definition) is 2. The predicted molar refractivity (Wildman–Crippen MR) is 79.9 cm³/mol. The largest absolute Gasteiger partial charge is 0.508 e. The van der Waals surface area contributed by atoms with Crippen molar-refractivity contribution in [2.75, 3.05) is 40.8 Å². The summed E-state index contributed by atoms with van der Waals surface area (Å²) < 4.78 is 20.4. The van der Waals surface area contributed by atoms with E-state index in [9.17, 15) is 9.36 Å². The normalized spacial score (nSPS) is 13.4. The molecule has 0 aliphatic carbocycles. The standard InChI is InChI=1S/C9H18NO6P.C3H7N/c1-8(2)9(11)15-16-17(12,13)14-7-6-10(3,4)5;1-2-3-4/h1,6-7H2,2-5H3;2H,1,3-4H2/p+1. The SMILES string of the molecule is C=C(C)C(=O)OOP(=O)(O)OCC[N+](C)(C)C.C=CCN. The lowest BCUT2D eigenvalue weighted by atomic mass is 10.4. The Morgan fingerprint density at radius 2 is 1.90 bits per heavy atom. The van der Waals surface area contributed by atoms with Crippen LogP contribution in [-0.2, 0) is 23.4 Å². The van der Waals surface area contributed by atoms with E-state index in [0.29, 0.717) is 17.6 Å². The number of phosphoric acid groups is 1. The zero-order chi connectivity index (χ0) is 17.1. The molecule has 0 spiro atoms. The molecule has 0 aromatic rings. The van der Waals surface area contributed by atoms with Crippen LogP contribution in [0.4, 0.5) is 0 Å². The van der Waals surface area contributed by atoms with Gasteiger partial charge in [-0.15, -0.1) is 6.58 Å². The zero-order valence-electron chi connectivity index (χ0n) is 13.1. The van der Waals surface area contributed by atoms with Gasteiger partial charge in [-0.2, -0.15) is 0 Å². The van der Waals surface area contributed by atoms with Crippen molar-refractivity contribution in [2.24, 2.45) is 5.73 Å². The first-order valence-electron chi connectivity index (χ1n) is 6.10. The summed E-state index contributed by atoms with van der Waals surface area (Å²) >= 11 is 0. The van der Waals surface area contributed by atoms with Crippen molar-refractivity contribution < 1.29 is 32.8 Å². The van der Waals surface area contributed by atoms with E-state index in [2.05, 4.69) is 27.2 Å². The first-order valence-corrected chi connectivity index (χ1v) is 7.59. The summed E-state index contributed by atoms with van der Waals surface area (Å²) in [6.45, 7) is 9.10. The summed E-state index contributed by atoms with van der Waals surface area (Å²) in [4.78, 5) is 24.1. The van der Waals surface area contributed by atoms with E-state index in [1.165, 1.54) is 6.92 Å². The molecule has 21 heavy (non-hydrogen) atoms. The van der Waals surface area contributed by atoms with Gasteiger partial charge in [-0.25, -0.2) is 9.36 Å². The van der Waals surface area contributed by atoms with Crippen molar-refractivity contribution in [3.63, 3.8) is 0 Å². The summed E-state index contributed by atoms with van der Waals surface area (Å²) in [5.74, 6) is -0.922. The van der Waals surface area contributed by atoms with E-state index >= 15 is 0 Å². The third-order valence-electron chi connectivity index (χ3n) is 1.74. The zero-order valence-corrected chi connectivity index (χ0v) is 14.0. The van der Waals surface area contributed by atoms with E-state index in [1.807, 2.05) is 21.1 Å². The van der Waals surface area contributed by atoms with E-state index in [0.717, 1.165) is 0 Å². The second-order valence-electron chi connectivity index (χ2n) is 5.07. The number of carbonyl (C=O) groups is 1. The van der Waals surface area contributed by atoms with Gasteiger partial charge in [-0.1, -0.05) is 17.3 Å². The second-order valence-corrected chi connectivity index (χ2v) is 6.41. The van der Waals surface area contributed by atoms with Gasteiger partial charge in [0.05, 0.1) is 21.1 Å². The van der Waals surface area contributed by atoms with Gasteiger partial charge < -0.3 is 15.1 Å². The van der Waals surface area contributed by atoms with Gasteiger partial charge in [-0.3, -0.25) is 9.41 Å². The smallest absolute Gasteiger partial charge is 0.329 e. The fraction of sp³-hybridized carbons (Fsp3) is 0.583. The highest BCUT2D eigenvalue weighted by molar-refractivity contribution is 7.47. The highest BCUT2D eigenvalue weighted by Crippen LogP contribution is 2.43. The average molecular weight is 325 g/mol. The van der Waals surface area contributed by atoms with E-state index in [-0.39, 0.29) is 12.2 Å². The van der Waals surface area contributed by atoms with Crippen molar-refractivity contribution in [2.45, 2.75) is 6.92 Å². The Balaban J connectivity index is 0. The van der Waals surface area contributed by atoms with Gasteiger partial charge in [0.2, 0.25) is 0 Å². The highest BCUT2D eigenvalue weighted by Gasteiger charge is 2.26. The number of likely N-dealkylation sites (N-methyl/N-ethyl adjacent to an activating group) is 1. The van der Waals surface area contributed by atoms with Gasteiger partial charge in [0.1, 0.15) is 13.2 Å². The maximum absolute atomic E-state index is 11.2. The van der Waals surface area contributed by atoms with Crippen molar-refractivity contribution in [3.8, 4) is 0 Å².